The van der Waals surface area contributed by atoms with E-state index in [0.717, 1.165) is 40.8 Å². The topological polar surface area (TPSA) is 125 Å². The fourth-order valence-electron chi connectivity index (χ4n) is 3.71. The number of aryl methyl sites for hydroxylation is 1. The van der Waals surface area contributed by atoms with Gasteiger partial charge in [0.2, 0.25) is 0 Å². The molecule has 1 fully saturated rings. The number of aromatic nitrogens is 5. The smallest absolute Gasteiger partial charge is 0.153 e. The fourth-order valence-corrected chi connectivity index (χ4v) is 3.71. The van der Waals surface area contributed by atoms with E-state index in [2.05, 4.69) is 31.9 Å². The minimum Gasteiger partial charge on any atom is -0.396 e. The number of imidazole rings is 1. The molecule has 9 nitrogen and oxygen atoms in total. The minimum absolute atomic E-state index is 0.0360. The van der Waals surface area contributed by atoms with Gasteiger partial charge in [-0.3, -0.25) is 4.57 Å². The number of rotatable bonds is 8. The van der Waals surface area contributed by atoms with Gasteiger partial charge in [0.15, 0.2) is 5.82 Å². The molecule has 4 aromatic rings. The van der Waals surface area contributed by atoms with Crippen LogP contribution >= 0.6 is 0 Å². The lowest BCUT2D eigenvalue weighted by molar-refractivity contribution is 0.299. The molecule has 3 N–H and O–H groups in total. The summed E-state index contributed by atoms with van der Waals surface area (Å²) in [4.78, 5) is 9.36. The highest BCUT2D eigenvalue weighted by molar-refractivity contribution is 5.82. The summed E-state index contributed by atoms with van der Waals surface area (Å²) < 4.78 is 1.93. The van der Waals surface area contributed by atoms with Gasteiger partial charge in [-0.2, -0.15) is 10.4 Å². The van der Waals surface area contributed by atoms with Crippen molar-refractivity contribution in [3.8, 4) is 11.9 Å². The zero-order valence-electron chi connectivity index (χ0n) is 18.3. The van der Waals surface area contributed by atoms with Crippen molar-refractivity contribution < 1.29 is 5.11 Å². The first kappa shape index (κ1) is 20.8. The number of anilines is 3. The van der Waals surface area contributed by atoms with Gasteiger partial charge >= 0.3 is 0 Å². The lowest BCUT2D eigenvalue weighted by Gasteiger charge is -2.15. The van der Waals surface area contributed by atoms with Crippen LogP contribution in [0.2, 0.25) is 0 Å². The van der Waals surface area contributed by atoms with Gasteiger partial charge < -0.3 is 15.7 Å². The highest BCUT2D eigenvalue weighted by atomic mass is 16.3. The van der Waals surface area contributed by atoms with Gasteiger partial charge in [-0.25, -0.2) is 9.97 Å². The second kappa shape index (κ2) is 8.48. The molecule has 1 aliphatic carbocycles. The summed E-state index contributed by atoms with van der Waals surface area (Å²) in [6, 6.07) is 16.0. The number of aliphatic hydroxyl groups excluding tert-OH is 1. The average Bonchev–Trinajstić information content (AvgIpc) is 3.50. The lowest BCUT2D eigenvalue weighted by Crippen LogP contribution is -2.16. The van der Waals surface area contributed by atoms with E-state index in [1.807, 2.05) is 54.0 Å². The van der Waals surface area contributed by atoms with E-state index in [9.17, 15) is 10.4 Å². The molecule has 33 heavy (non-hydrogen) atoms. The molecule has 1 aliphatic rings. The summed E-state index contributed by atoms with van der Waals surface area (Å²) >= 11 is 0. The van der Waals surface area contributed by atoms with Crippen LogP contribution in [0.25, 0.3) is 16.9 Å². The first-order chi connectivity index (χ1) is 16.1. The summed E-state index contributed by atoms with van der Waals surface area (Å²) in [6.07, 6.45) is 4.05. The van der Waals surface area contributed by atoms with E-state index in [0.29, 0.717) is 30.4 Å². The zero-order chi connectivity index (χ0) is 22.8. The molecule has 0 unspecified atom stereocenters. The van der Waals surface area contributed by atoms with Gasteiger partial charge in [0.1, 0.15) is 18.0 Å². The second-order valence-corrected chi connectivity index (χ2v) is 8.40. The van der Waals surface area contributed by atoms with Crippen LogP contribution in [0.1, 0.15) is 24.1 Å². The Bertz CT molecular complexity index is 1340. The molecule has 9 heteroatoms. The van der Waals surface area contributed by atoms with Crippen LogP contribution in [-0.4, -0.2) is 43.0 Å². The van der Waals surface area contributed by atoms with Crippen molar-refractivity contribution in [1.82, 2.24) is 24.7 Å². The number of pyridine rings is 1. The summed E-state index contributed by atoms with van der Waals surface area (Å²) in [5.74, 6) is 2.08. The lowest BCUT2D eigenvalue weighted by atomic mass is 10.1. The standard InChI is InChI=1S/C24H24N8O/c1-16-2-6-21(31-30-16)28-18-4-5-20-19(12-18)27-15-32(20)22-7-3-17(8-11-33)23(29-22)26-14-24(13-25)9-10-24/h2-7,12,15,33H,8-11,14H2,1H3,(H,26,29)(H,28,31). The molecule has 1 saturated carbocycles. The van der Waals surface area contributed by atoms with Crippen molar-refractivity contribution in [2.75, 3.05) is 23.8 Å². The molecular weight excluding hydrogens is 416 g/mol. The van der Waals surface area contributed by atoms with Gasteiger partial charge in [0.25, 0.3) is 0 Å². The van der Waals surface area contributed by atoms with Crippen molar-refractivity contribution in [2.24, 2.45) is 5.41 Å². The number of nitriles is 1. The van der Waals surface area contributed by atoms with Crippen molar-refractivity contribution >= 4 is 28.4 Å². The molecule has 0 atom stereocenters. The SMILES string of the molecule is Cc1ccc(Nc2ccc3c(c2)ncn3-c2ccc(CCO)c(NCC3(C#N)CC3)n2)nn1. The molecule has 0 amide bonds. The second-order valence-electron chi connectivity index (χ2n) is 8.40. The van der Waals surface area contributed by atoms with Crippen molar-refractivity contribution in [3.63, 3.8) is 0 Å². The molecule has 0 radical (unpaired) electrons. The molecule has 3 aromatic heterocycles. The summed E-state index contributed by atoms with van der Waals surface area (Å²) in [5, 5.41) is 33.6. The zero-order valence-corrected chi connectivity index (χ0v) is 18.3. The third-order valence-corrected chi connectivity index (χ3v) is 5.89. The monoisotopic (exact) mass is 440 g/mol. The van der Waals surface area contributed by atoms with E-state index in [-0.39, 0.29) is 12.0 Å². The molecular formula is C24H24N8O. The molecule has 0 bridgehead atoms. The summed E-state index contributed by atoms with van der Waals surface area (Å²) in [6.45, 7) is 2.49. The molecule has 0 spiro atoms. The quantitative estimate of drug-likeness (QED) is 0.380. The van der Waals surface area contributed by atoms with Gasteiger partial charge in [0, 0.05) is 18.8 Å². The predicted molar refractivity (Wildman–Crippen MR) is 125 cm³/mol. The van der Waals surface area contributed by atoms with Crippen molar-refractivity contribution in [2.45, 2.75) is 26.2 Å². The normalized spacial score (nSPS) is 14.1. The van der Waals surface area contributed by atoms with Crippen LogP contribution in [0.5, 0.6) is 0 Å². The number of hydrogen-bond donors (Lipinski definition) is 3. The van der Waals surface area contributed by atoms with Gasteiger partial charge in [-0.05, 0) is 68.1 Å². The Hall–Kier alpha value is -4.03. The van der Waals surface area contributed by atoms with Crippen LogP contribution in [0.3, 0.4) is 0 Å². The fraction of sp³-hybridized carbons (Fsp3) is 0.292. The highest BCUT2D eigenvalue weighted by Crippen LogP contribution is 2.44. The van der Waals surface area contributed by atoms with Crippen molar-refractivity contribution in [1.29, 1.82) is 5.26 Å². The third-order valence-electron chi connectivity index (χ3n) is 5.89. The number of fused-ring (bicyclic) bond motifs is 1. The Morgan fingerprint density at radius 1 is 1.15 bits per heavy atom. The Morgan fingerprint density at radius 3 is 2.76 bits per heavy atom. The average molecular weight is 441 g/mol. The Morgan fingerprint density at radius 2 is 2.03 bits per heavy atom. The maximum atomic E-state index is 9.43. The summed E-state index contributed by atoms with van der Waals surface area (Å²) in [7, 11) is 0. The first-order valence-electron chi connectivity index (χ1n) is 10.9. The molecule has 5 rings (SSSR count). The van der Waals surface area contributed by atoms with Crippen LogP contribution < -0.4 is 10.6 Å². The molecule has 3 heterocycles. The van der Waals surface area contributed by atoms with Gasteiger partial charge in [-0.1, -0.05) is 6.07 Å². The maximum Gasteiger partial charge on any atom is 0.153 e. The first-order valence-corrected chi connectivity index (χ1v) is 10.9. The van der Waals surface area contributed by atoms with Gasteiger partial charge in [0.05, 0.1) is 28.2 Å². The van der Waals surface area contributed by atoms with E-state index in [1.54, 1.807) is 6.33 Å². The number of hydrogen-bond acceptors (Lipinski definition) is 8. The number of nitrogens with one attached hydrogen (secondary N) is 2. The number of benzene rings is 1. The van der Waals surface area contributed by atoms with Crippen LogP contribution in [0.4, 0.5) is 17.3 Å². The molecule has 0 saturated heterocycles. The van der Waals surface area contributed by atoms with E-state index >= 15 is 0 Å². The van der Waals surface area contributed by atoms with Crippen LogP contribution in [-0.2, 0) is 6.42 Å². The Labute approximate surface area is 191 Å². The molecule has 1 aromatic carbocycles. The van der Waals surface area contributed by atoms with Gasteiger partial charge in [-0.15, -0.1) is 5.10 Å². The number of aliphatic hydroxyl groups is 1. The summed E-state index contributed by atoms with van der Waals surface area (Å²) in [5.41, 5.74) is 4.09. The molecule has 166 valence electrons. The Balaban J connectivity index is 1.42. The maximum absolute atomic E-state index is 9.43. The number of nitrogens with zero attached hydrogens (tertiary/aromatic N) is 6. The van der Waals surface area contributed by atoms with Crippen LogP contribution in [0, 0.1) is 23.7 Å². The largest absolute Gasteiger partial charge is 0.396 e. The van der Waals surface area contributed by atoms with E-state index < -0.39 is 0 Å². The predicted octanol–water partition coefficient (Wildman–Crippen LogP) is 3.51. The van der Waals surface area contributed by atoms with Crippen molar-refractivity contribution in [3.05, 3.63) is 60.0 Å². The van der Waals surface area contributed by atoms with Crippen LogP contribution in [0.15, 0.2) is 48.8 Å². The van der Waals surface area contributed by atoms with E-state index in [4.69, 9.17) is 4.98 Å². The van der Waals surface area contributed by atoms with E-state index in [1.165, 1.54) is 0 Å². The third kappa shape index (κ3) is 4.33. The minimum atomic E-state index is -0.291. The Kier molecular flexibility index (Phi) is 5.36. The highest BCUT2D eigenvalue weighted by Gasteiger charge is 2.43. The molecule has 0 aliphatic heterocycles.